The standard InChI is InChI=1S/C20H22N5O2.C18H15F3N4O2.C18H14F3N4O2.C18H14N5OS.C17H14N6O2.5Pt/c1-19(2,3)18-21-12-25(24-18)16-11-7-10-15(23-16)20(4,5)14-9-6-8-13(22-14)17(26)27;1-17(2,14-8-4-6-11(23-14)16(26)27)13-7-3-5-10(22-13)12-9-15(25-24-12)18(19,20)21;1-17(2,12-6-3-5-11(22-12)16(26)27)13-7-4-8-15(23-13)25-10-9-14(24-25)18(19,20)21;1-18(2,13-7-4-6-12(20-13)17(24)25)14-8-5-9-16(21-14)23-11-10-15(19-3)22-23;1-17(2,13-9-5-7-11(20-13)15(24)25)12-8-4-6-10(19-12)14-21-16(18-3)23-22-14;;;;;/h6-11H,1-5H3,(H,26,27);3-9H,1-2H3,(H2,22,24,25,26,27);3-9H,1-2H3,(H,26,27);4-10H,1-2H3,(H,24,25);4-9H,1-2H3,(H2,19,21,22,23,24,25);;;;;/q-1;;2*-1;;;;;;+2/p-3. The average Bonchev–Trinajstić information content (AvgIpc) is 1.10. The molecule has 0 saturated carbocycles. The number of nitrogens with zero attached hydrogens (tertiary/aromatic N) is 24. The number of aromatic carboxylic acids is 4. The van der Waals surface area contributed by atoms with Crippen LogP contribution in [-0.4, -0.2) is 149 Å². The van der Waals surface area contributed by atoms with Crippen LogP contribution in [-0.2, 0) is 163 Å². The van der Waals surface area contributed by atoms with Gasteiger partial charge in [0, 0.05) is 140 Å². The molecule has 33 nitrogen and oxygen atoms in total. The summed E-state index contributed by atoms with van der Waals surface area (Å²) < 4.78 is 80.3. The number of hydrogen-bond donors (Lipinski definition) is 4. The van der Waals surface area contributed by atoms with Gasteiger partial charge in [-0.2, -0.15) is 31.4 Å². The Morgan fingerprint density at radius 2 is 0.691 bits per heavy atom. The van der Waals surface area contributed by atoms with E-state index < -0.39 is 79.8 Å². The van der Waals surface area contributed by atoms with E-state index in [9.17, 15) is 55.4 Å². The second-order valence-corrected chi connectivity index (χ2v) is 32.6. The van der Waals surface area contributed by atoms with E-state index >= 15 is 0 Å². The fourth-order valence-corrected chi connectivity index (χ4v) is 12.4. The van der Waals surface area contributed by atoms with Crippen molar-refractivity contribution in [3.05, 3.63) is 344 Å². The maximum Gasteiger partial charge on any atom is 2.00 e. The SMILES string of the molecule is CC(C)(C)c1n[c-]n(-c2cccc(C(C)(C)c3cccc(C(=O)O)n3)n2)n1.CC(C)(c1cccc(C(=O)O)n1)c1cccc(-c2cc(C(F)(F)F)n[n-]2)n1.CC(C)(c1cccc(C(=O)O)n1)c1cccc(-n2[c-]cc(C(F)(F)F)n2)n1.[C-]#[N+]c1c[c-]n(-c2cccc(C(C)(C)c3cccc(C(=O)[S-])n3)n2)n1.[C-]#[N+]c1n[n-]c(-c2cccc(C(C)(C)c3cccc(C(=O)O)n3)n2)n1.[Pt+2].[Pt].[Pt].[Pt].[Pt]. The molecule has 136 heavy (non-hydrogen) atoms. The topological polar surface area (TPSA) is 437 Å². The molecule has 0 aliphatic heterocycles. The molecule has 0 fully saturated rings. The molecule has 0 atom stereocenters. The summed E-state index contributed by atoms with van der Waals surface area (Å²) in [5, 5.41) is 62.4. The molecular weight excluding hydrogens is 2690 g/mol. The monoisotopic (exact) mass is 2770 g/mol. The molecule has 15 aromatic heterocycles. The van der Waals surface area contributed by atoms with Crippen molar-refractivity contribution in [2.45, 2.75) is 135 Å². The van der Waals surface area contributed by atoms with Gasteiger partial charge >= 0.3 is 63.1 Å². The zero-order chi connectivity index (χ0) is 95.5. The number of hydrogen-bond acceptors (Lipinski definition) is 23. The molecule has 15 aromatic rings. The summed E-state index contributed by atoms with van der Waals surface area (Å²) in [6, 6.07) is 53.5. The Balaban J connectivity index is 0.000000259. The fourth-order valence-electron chi connectivity index (χ4n) is 12.3. The van der Waals surface area contributed by atoms with Crippen molar-refractivity contribution in [1.29, 1.82) is 0 Å². The predicted molar refractivity (Wildman–Crippen MR) is 460 cm³/mol. The van der Waals surface area contributed by atoms with Crippen molar-refractivity contribution in [3.8, 4) is 40.4 Å². The first-order valence-electron chi connectivity index (χ1n) is 39.1. The number of aromatic nitrogens is 22. The van der Waals surface area contributed by atoms with Crippen LogP contribution >= 0.6 is 0 Å². The van der Waals surface area contributed by atoms with Crippen LogP contribution in [0.3, 0.4) is 0 Å². The first-order chi connectivity index (χ1) is 61.6. The number of rotatable bonds is 20. The van der Waals surface area contributed by atoms with E-state index in [0.29, 0.717) is 68.7 Å². The van der Waals surface area contributed by atoms with Gasteiger partial charge in [-0.15, -0.1) is 12.6 Å². The molecule has 0 aliphatic rings. The first-order valence-corrected chi connectivity index (χ1v) is 39.5. The molecule has 15 rings (SSSR count). The summed E-state index contributed by atoms with van der Waals surface area (Å²) in [5.41, 5.74) is 1.10. The van der Waals surface area contributed by atoms with E-state index in [-0.39, 0.29) is 174 Å². The van der Waals surface area contributed by atoms with Crippen LogP contribution in [0.25, 0.3) is 50.0 Å². The molecule has 0 unspecified atom stereocenters. The quantitative estimate of drug-likeness (QED) is 0.0313. The van der Waals surface area contributed by atoms with E-state index in [1.807, 2.05) is 105 Å². The largest absolute Gasteiger partial charge is 2.00 e. The Morgan fingerprint density at radius 1 is 0.368 bits per heavy atom. The number of carbonyl (C=O) groups is 5. The van der Waals surface area contributed by atoms with Gasteiger partial charge in [0.2, 0.25) is 0 Å². The van der Waals surface area contributed by atoms with Crippen LogP contribution in [0.1, 0.15) is 217 Å². The molecule has 0 aliphatic carbocycles. The molecule has 0 amide bonds. The minimum atomic E-state index is -4.58. The van der Waals surface area contributed by atoms with Crippen molar-refractivity contribution >= 4 is 53.4 Å². The molecule has 0 aromatic carbocycles. The van der Waals surface area contributed by atoms with Crippen LogP contribution in [0.2, 0.25) is 0 Å². The Labute approximate surface area is 851 Å². The Kier molecular flexibility index (Phi) is 38.0. The molecule has 4 N–H and O–H groups in total. The number of carbonyl (C=O) groups excluding carboxylic acids is 1. The van der Waals surface area contributed by atoms with Crippen LogP contribution in [0.5, 0.6) is 0 Å². The molecular formula is C91H76F6N24O9Pt5S-4. The van der Waals surface area contributed by atoms with Crippen molar-refractivity contribution in [3.63, 3.8) is 0 Å². The Morgan fingerprint density at radius 3 is 1.01 bits per heavy atom. The second kappa shape index (κ2) is 46.1. The van der Waals surface area contributed by atoms with E-state index in [1.165, 1.54) is 51.8 Å². The summed E-state index contributed by atoms with van der Waals surface area (Å²) in [6.07, 6.45) is -1.01. The number of carboxylic acid groups (broad SMARTS) is 4. The third-order valence-corrected chi connectivity index (χ3v) is 20.2. The van der Waals surface area contributed by atoms with Crippen LogP contribution in [0, 0.1) is 31.9 Å². The Bertz CT molecular complexity index is 6320. The van der Waals surface area contributed by atoms with E-state index in [0.717, 1.165) is 28.2 Å². The average molecular weight is 2770 g/mol. The van der Waals surface area contributed by atoms with Crippen LogP contribution in [0.15, 0.2) is 200 Å². The smallest absolute Gasteiger partial charge is 0.735 e. The zero-order valence-electron chi connectivity index (χ0n) is 73.4. The van der Waals surface area contributed by atoms with Crippen LogP contribution < -0.4 is 10.2 Å². The second-order valence-electron chi connectivity index (χ2n) is 32.2. The van der Waals surface area contributed by atoms with Gasteiger partial charge in [-0.3, -0.25) is 40.1 Å². The summed E-state index contributed by atoms with van der Waals surface area (Å²) in [4.78, 5) is 115. The molecule has 0 bridgehead atoms. The molecule has 45 heteroatoms. The molecule has 716 valence electrons. The van der Waals surface area contributed by atoms with Gasteiger partial charge in [-0.05, 0) is 207 Å². The van der Waals surface area contributed by atoms with Crippen molar-refractivity contribution in [2.24, 2.45) is 0 Å². The number of alkyl halides is 6. The summed E-state index contributed by atoms with van der Waals surface area (Å²) in [5.74, 6) is -1.95. The van der Waals surface area contributed by atoms with Gasteiger partial charge in [0.05, 0.1) is 85.3 Å². The maximum atomic E-state index is 12.7. The minimum absolute atomic E-state index is 0. The van der Waals surface area contributed by atoms with Crippen molar-refractivity contribution < 1.29 is 176 Å². The molecule has 15 heterocycles. The third-order valence-electron chi connectivity index (χ3n) is 20.0. The van der Waals surface area contributed by atoms with Crippen LogP contribution in [0.4, 0.5) is 38.1 Å². The normalized spacial score (nSPS) is 11.3. The van der Waals surface area contributed by atoms with Crippen molar-refractivity contribution in [2.75, 3.05) is 0 Å². The number of halogens is 6. The van der Waals surface area contributed by atoms with Gasteiger partial charge in [0.15, 0.2) is 5.95 Å². The van der Waals surface area contributed by atoms with Gasteiger partial charge in [0.1, 0.15) is 28.5 Å². The zero-order valence-corrected chi connectivity index (χ0v) is 85.6. The molecule has 0 radical (unpaired) electrons. The van der Waals surface area contributed by atoms with Gasteiger partial charge < -0.3 is 77.1 Å². The van der Waals surface area contributed by atoms with E-state index in [2.05, 4.69) is 132 Å². The van der Waals surface area contributed by atoms with Gasteiger partial charge in [0.25, 0.3) is 0 Å². The maximum absolute atomic E-state index is 12.7. The van der Waals surface area contributed by atoms with E-state index in [4.69, 9.17) is 33.4 Å². The molecule has 0 spiro atoms. The predicted octanol–water partition coefficient (Wildman–Crippen LogP) is 15.7. The number of carboxylic acids is 4. The summed E-state index contributed by atoms with van der Waals surface area (Å²) in [7, 11) is 0. The first kappa shape index (κ1) is 112. The van der Waals surface area contributed by atoms with Gasteiger partial charge in [-0.1, -0.05) is 118 Å². The summed E-state index contributed by atoms with van der Waals surface area (Å²) in [6.45, 7) is 38.9. The fraction of sp³-hybridized carbons (Fsp3) is 0.231. The molecule has 0 saturated heterocycles. The van der Waals surface area contributed by atoms with Gasteiger partial charge in [-0.25, -0.2) is 48.9 Å². The minimum Gasteiger partial charge on any atom is -0.735 e. The van der Waals surface area contributed by atoms with Crippen molar-refractivity contribution in [1.82, 2.24) is 110 Å². The Hall–Kier alpha value is -12.8. The number of pyridine rings is 10. The third kappa shape index (κ3) is 27.1. The van der Waals surface area contributed by atoms with E-state index in [1.54, 1.807) is 131 Å². The summed E-state index contributed by atoms with van der Waals surface area (Å²) >= 11 is 4.69.